The van der Waals surface area contributed by atoms with Crippen molar-refractivity contribution in [1.29, 1.82) is 0 Å². The molecule has 0 aromatic carbocycles. The smallest absolute Gasteiger partial charge is 0.243 e. The van der Waals surface area contributed by atoms with Crippen LogP contribution in [0.5, 0.6) is 0 Å². The van der Waals surface area contributed by atoms with E-state index in [1.165, 1.54) is 25.3 Å². The second-order valence-corrected chi connectivity index (χ2v) is 7.30. The molecule has 1 atom stereocenters. The molecule has 0 saturated heterocycles. The van der Waals surface area contributed by atoms with Crippen molar-refractivity contribution in [2.24, 2.45) is 11.1 Å². The fourth-order valence-electron chi connectivity index (χ4n) is 2.75. The molecular formula is C14H23NO4S. The van der Waals surface area contributed by atoms with Crippen molar-refractivity contribution in [3.05, 3.63) is 24.0 Å². The summed E-state index contributed by atoms with van der Waals surface area (Å²) in [6.07, 6.45) is 10.9. The zero-order chi connectivity index (χ0) is 14.6. The monoisotopic (exact) mass is 301 g/mol. The molecule has 5 nitrogen and oxygen atoms in total. The van der Waals surface area contributed by atoms with Gasteiger partial charge in [0, 0.05) is 6.42 Å². The summed E-state index contributed by atoms with van der Waals surface area (Å²) < 4.78 is 34.7. The van der Waals surface area contributed by atoms with E-state index >= 15 is 0 Å². The highest BCUT2D eigenvalue weighted by Gasteiger charge is 2.41. The van der Waals surface area contributed by atoms with Gasteiger partial charge in [0.05, 0.1) is 13.7 Å². The third-order valence-electron chi connectivity index (χ3n) is 4.09. The molecule has 0 radical (unpaired) electrons. The van der Waals surface area contributed by atoms with E-state index in [0.717, 1.165) is 12.8 Å². The third-order valence-corrected chi connectivity index (χ3v) is 5.48. The van der Waals surface area contributed by atoms with E-state index in [-0.39, 0.29) is 6.42 Å². The van der Waals surface area contributed by atoms with E-state index in [0.29, 0.717) is 18.3 Å². The Hall–Kier alpha value is -0.850. The number of sulfonamides is 1. The van der Waals surface area contributed by atoms with Gasteiger partial charge >= 0.3 is 0 Å². The molecule has 0 aliphatic heterocycles. The average molecular weight is 301 g/mol. The van der Waals surface area contributed by atoms with Crippen molar-refractivity contribution >= 4 is 10.0 Å². The second kappa shape index (κ2) is 6.28. The van der Waals surface area contributed by atoms with Gasteiger partial charge in [-0.15, -0.1) is 0 Å². The van der Waals surface area contributed by atoms with Crippen molar-refractivity contribution in [1.82, 2.24) is 0 Å². The Morgan fingerprint density at radius 3 is 2.55 bits per heavy atom. The van der Waals surface area contributed by atoms with Gasteiger partial charge in [-0.1, -0.05) is 19.3 Å². The van der Waals surface area contributed by atoms with E-state index in [4.69, 9.17) is 14.6 Å². The zero-order valence-corrected chi connectivity index (χ0v) is 12.7. The second-order valence-electron chi connectivity index (χ2n) is 5.52. The Kier molecular flexibility index (Phi) is 4.88. The van der Waals surface area contributed by atoms with Crippen molar-refractivity contribution in [3.63, 3.8) is 0 Å². The van der Waals surface area contributed by atoms with Crippen LogP contribution >= 0.6 is 0 Å². The van der Waals surface area contributed by atoms with Gasteiger partial charge in [0.25, 0.3) is 0 Å². The van der Waals surface area contributed by atoms with Gasteiger partial charge in [-0.3, -0.25) is 0 Å². The Morgan fingerprint density at radius 2 is 2.05 bits per heavy atom. The molecule has 2 aliphatic carbocycles. The Bertz CT molecular complexity index is 491. The first kappa shape index (κ1) is 15.5. The molecule has 114 valence electrons. The standard InChI is InChI=1S/C14H23NO4S/c1-18-13-7-9-14(10-8-13,20(15,16)17)19-11-12-5-3-2-4-6-12/h7-9,12H,2-6,10-11H2,1H3,(H2,15,16,17). The number of methoxy groups -OCH3 is 1. The normalized spacial score (nSPS) is 28.2. The number of rotatable bonds is 5. The first-order valence-corrected chi connectivity index (χ1v) is 8.61. The highest BCUT2D eigenvalue weighted by atomic mass is 32.2. The highest BCUT2D eigenvalue weighted by molar-refractivity contribution is 7.90. The fraction of sp³-hybridized carbons (Fsp3) is 0.714. The third kappa shape index (κ3) is 3.42. The van der Waals surface area contributed by atoms with Crippen molar-refractivity contribution in [2.45, 2.75) is 43.5 Å². The number of allylic oxidation sites excluding steroid dienone is 1. The summed E-state index contributed by atoms with van der Waals surface area (Å²) >= 11 is 0. The molecule has 1 unspecified atom stereocenters. The van der Waals surface area contributed by atoms with Gasteiger partial charge < -0.3 is 9.47 Å². The SMILES string of the molecule is COC1=CCC(OCC2CCCCC2)(S(N)(=O)=O)C=C1. The molecule has 1 saturated carbocycles. The molecule has 0 aromatic heterocycles. The summed E-state index contributed by atoms with van der Waals surface area (Å²) in [5.74, 6) is 1.06. The minimum absolute atomic E-state index is 0.193. The zero-order valence-electron chi connectivity index (χ0n) is 11.9. The number of ether oxygens (including phenoxy) is 2. The first-order chi connectivity index (χ1) is 9.47. The highest BCUT2D eigenvalue weighted by Crippen LogP contribution is 2.32. The molecule has 0 heterocycles. The van der Waals surface area contributed by atoms with Crippen LogP contribution in [0.1, 0.15) is 38.5 Å². The number of hydrogen-bond acceptors (Lipinski definition) is 4. The van der Waals surface area contributed by atoms with Crippen molar-refractivity contribution in [2.75, 3.05) is 13.7 Å². The Balaban J connectivity index is 2.06. The topological polar surface area (TPSA) is 78.6 Å². The summed E-state index contributed by atoms with van der Waals surface area (Å²) in [4.78, 5) is -1.44. The Morgan fingerprint density at radius 1 is 1.35 bits per heavy atom. The van der Waals surface area contributed by atoms with E-state index in [2.05, 4.69) is 0 Å². The lowest BCUT2D eigenvalue weighted by Gasteiger charge is -2.32. The van der Waals surface area contributed by atoms with Crippen LogP contribution in [0.4, 0.5) is 0 Å². The molecule has 2 aliphatic rings. The van der Waals surface area contributed by atoms with Crippen LogP contribution in [0.3, 0.4) is 0 Å². The summed E-state index contributed by atoms with van der Waals surface area (Å²) in [5, 5.41) is 5.37. The molecular weight excluding hydrogens is 278 g/mol. The van der Waals surface area contributed by atoms with E-state index < -0.39 is 15.0 Å². The lowest BCUT2D eigenvalue weighted by atomic mass is 9.90. The van der Waals surface area contributed by atoms with Crippen molar-refractivity contribution in [3.8, 4) is 0 Å². The van der Waals surface area contributed by atoms with Crippen LogP contribution in [-0.4, -0.2) is 27.1 Å². The van der Waals surface area contributed by atoms with Crippen LogP contribution in [0.25, 0.3) is 0 Å². The first-order valence-electron chi connectivity index (χ1n) is 7.06. The molecule has 2 rings (SSSR count). The fourth-order valence-corrected chi connectivity index (χ4v) is 3.56. The van der Waals surface area contributed by atoms with Gasteiger partial charge in [-0.2, -0.15) is 0 Å². The summed E-state index contributed by atoms with van der Waals surface area (Å²) in [5.41, 5.74) is 0. The minimum Gasteiger partial charge on any atom is -0.497 e. The number of hydrogen-bond donors (Lipinski definition) is 1. The maximum absolute atomic E-state index is 11.9. The van der Waals surface area contributed by atoms with E-state index in [9.17, 15) is 8.42 Å². The predicted octanol–water partition coefficient (Wildman–Crippen LogP) is 2.06. The lowest BCUT2D eigenvalue weighted by molar-refractivity contribution is 0.0191. The minimum atomic E-state index is -3.83. The van der Waals surface area contributed by atoms with Gasteiger partial charge in [0.2, 0.25) is 15.0 Å². The van der Waals surface area contributed by atoms with Crippen LogP contribution in [-0.2, 0) is 19.5 Å². The molecule has 1 fully saturated rings. The average Bonchev–Trinajstić information content (AvgIpc) is 2.45. The summed E-state index contributed by atoms with van der Waals surface area (Å²) in [6.45, 7) is 0.441. The van der Waals surface area contributed by atoms with Gasteiger partial charge in [-0.25, -0.2) is 13.6 Å². The summed E-state index contributed by atoms with van der Waals surface area (Å²) in [6, 6.07) is 0. The van der Waals surface area contributed by atoms with Crippen LogP contribution < -0.4 is 5.14 Å². The molecule has 6 heteroatoms. The van der Waals surface area contributed by atoms with Gasteiger partial charge in [0.1, 0.15) is 5.76 Å². The maximum Gasteiger partial charge on any atom is 0.243 e. The van der Waals surface area contributed by atoms with E-state index in [1.54, 1.807) is 19.3 Å². The molecule has 0 amide bonds. The molecule has 0 spiro atoms. The predicted molar refractivity (Wildman–Crippen MR) is 77.2 cm³/mol. The molecule has 0 bridgehead atoms. The van der Waals surface area contributed by atoms with Crippen LogP contribution in [0, 0.1) is 5.92 Å². The van der Waals surface area contributed by atoms with Crippen LogP contribution in [0.15, 0.2) is 24.0 Å². The lowest BCUT2D eigenvalue weighted by Crippen LogP contribution is -2.45. The van der Waals surface area contributed by atoms with Gasteiger partial charge in [-0.05, 0) is 37.0 Å². The number of nitrogens with two attached hydrogens (primary N) is 1. The molecule has 0 aromatic rings. The van der Waals surface area contributed by atoms with Crippen LogP contribution in [0.2, 0.25) is 0 Å². The summed E-state index contributed by atoms with van der Waals surface area (Å²) in [7, 11) is -2.28. The quantitative estimate of drug-likeness (QED) is 0.843. The Labute approximate surface area is 120 Å². The largest absolute Gasteiger partial charge is 0.497 e. The van der Waals surface area contributed by atoms with Gasteiger partial charge in [0.15, 0.2) is 0 Å². The van der Waals surface area contributed by atoms with Crippen molar-refractivity contribution < 1.29 is 17.9 Å². The maximum atomic E-state index is 11.9. The molecule has 2 N–H and O–H groups in total. The molecule has 20 heavy (non-hydrogen) atoms. The number of primary sulfonamides is 1. The van der Waals surface area contributed by atoms with E-state index in [1.807, 2.05) is 0 Å².